The first kappa shape index (κ1) is 12.4. The van der Waals surface area contributed by atoms with Crippen molar-refractivity contribution in [2.75, 3.05) is 32.9 Å². The summed E-state index contributed by atoms with van der Waals surface area (Å²) in [7, 11) is 0. The molecule has 0 saturated carbocycles. The third-order valence-corrected chi connectivity index (χ3v) is 2.89. The predicted octanol–water partition coefficient (Wildman–Crippen LogP) is 0.619. The van der Waals surface area contributed by atoms with Crippen molar-refractivity contribution in [3.63, 3.8) is 0 Å². The normalized spacial score (nSPS) is 23.7. The van der Waals surface area contributed by atoms with E-state index in [1.807, 2.05) is 13.8 Å². The molecule has 4 nitrogen and oxygen atoms in total. The van der Waals surface area contributed by atoms with Crippen molar-refractivity contribution in [3.8, 4) is 6.07 Å². The number of aliphatic hydroxyl groups excluding tert-OH is 1. The molecule has 1 N–H and O–H groups in total. The Balaban J connectivity index is 2.39. The van der Waals surface area contributed by atoms with Gasteiger partial charge in [0, 0.05) is 13.1 Å². The zero-order valence-corrected chi connectivity index (χ0v) is 9.57. The van der Waals surface area contributed by atoms with Gasteiger partial charge in [-0.05, 0) is 20.3 Å². The molecule has 0 aromatic rings. The van der Waals surface area contributed by atoms with Gasteiger partial charge in [-0.3, -0.25) is 4.90 Å². The Labute approximate surface area is 91.4 Å². The highest BCUT2D eigenvalue weighted by atomic mass is 16.5. The number of hydrogen-bond donors (Lipinski definition) is 1. The molecule has 1 fully saturated rings. The number of nitrogens with zero attached hydrogens (tertiary/aromatic N) is 2. The van der Waals surface area contributed by atoms with Crippen molar-refractivity contribution < 1.29 is 9.84 Å². The van der Waals surface area contributed by atoms with Crippen LogP contribution in [0.3, 0.4) is 0 Å². The first-order valence-electron chi connectivity index (χ1n) is 5.43. The van der Waals surface area contributed by atoms with Crippen LogP contribution in [0, 0.1) is 16.7 Å². The molecule has 0 amide bonds. The molecule has 1 aliphatic heterocycles. The summed E-state index contributed by atoms with van der Waals surface area (Å²) in [4.78, 5) is 2.21. The van der Waals surface area contributed by atoms with E-state index in [4.69, 9.17) is 15.1 Å². The van der Waals surface area contributed by atoms with Crippen molar-refractivity contribution >= 4 is 0 Å². The monoisotopic (exact) mass is 212 g/mol. The van der Waals surface area contributed by atoms with Crippen LogP contribution in [-0.2, 0) is 4.74 Å². The smallest absolute Gasteiger partial charge is 0.0684 e. The summed E-state index contributed by atoms with van der Waals surface area (Å²) in [6.45, 7) is 7.06. The van der Waals surface area contributed by atoms with Gasteiger partial charge in [0.15, 0.2) is 0 Å². The lowest BCUT2D eigenvalue weighted by Crippen LogP contribution is -2.48. The molecule has 1 aliphatic rings. The van der Waals surface area contributed by atoms with Gasteiger partial charge < -0.3 is 9.84 Å². The summed E-state index contributed by atoms with van der Waals surface area (Å²) in [6, 6.07) is 2.40. The summed E-state index contributed by atoms with van der Waals surface area (Å²) in [5, 5.41) is 18.1. The molecule has 1 atom stereocenters. The second kappa shape index (κ2) is 5.45. The fourth-order valence-electron chi connectivity index (χ4n) is 1.63. The van der Waals surface area contributed by atoms with E-state index in [1.165, 1.54) is 0 Å². The maximum absolute atomic E-state index is 9.16. The van der Waals surface area contributed by atoms with Crippen LogP contribution in [0.1, 0.15) is 20.3 Å². The Kier molecular flexibility index (Phi) is 4.52. The first-order valence-corrected chi connectivity index (χ1v) is 5.43. The van der Waals surface area contributed by atoms with Crippen molar-refractivity contribution in [1.29, 1.82) is 5.26 Å². The van der Waals surface area contributed by atoms with Crippen LogP contribution in [0.4, 0.5) is 0 Å². The molecular weight excluding hydrogens is 192 g/mol. The largest absolute Gasteiger partial charge is 0.395 e. The van der Waals surface area contributed by atoms with Crippen LogP contribution in [-0.4, -0.2) is 49.0 Å². The minimum Gasteiger partial charge on any atom is -0.395 e. The van der Waals surface area contributed by atoms with Crippen LogP contribution < -0.4 is 0 Å². The van der Waals surface area contributed by atoms with Gasteiger partial charge in [-0.2, -0.15) is 5.26 Å². The van der Waals surface area contributed by atoms with Crippen molar-refractivity contribution in [2.45, 2.75) is 26.3 Å². The van der Waals surface area contributed by atoms with Crippen LogP contribution in [0.15, 0.2) is 0 Å². The van der Waals surface area contributed by atoms with Gasteiger partial charge in [0.2, 0.25) is 0 Å². The lowest BCUT2D eigenvalue weighted by atomic mass is 9.91. The average molecular weight is 212 g/mol. The molecule has 1 unspecified atom stereocenters. The van der Waals surface area contributed by atoms with Crippen LogP contribution in [0.5, 0.6) is 0 Å². The summed E-state index contributed by atoms with van der Waals surface area (Å²) in [5.41, 5.74) is -0.279. The quantitative estimate of drug-likeness (QED) is 0.742. The zero-order valence-electron chi connectivity index (χ0n) is 9.57. The molecule has 1 saturated heterocycles. The second-order valence-corrected chi connectivity index (χ2v) is 4.69. The Morgan fingerprint density at radius 2 is 2.33 bits per heavy atom. The minimum absolute atomic E-state index is 0.105. The SMILES string of the molecule is CC(C)(C#N)CCN1CCOCC1CO. The first-order chi connectivity index (χ1) is 7.09. The molecule has 0 aromatic carbocycles. The predicted molar refractivity (Wildman–Crippen MR) is 57.3 cm³/mol. The highest BCUT2D eigenvalue weighted by Gasteiger charge is 2.25. The van der Waals surface area contributed by atoms with Gasteiger partial charge in [0.1, 0.15) is 0 Å². The average Bonchev–Trinajstić information content (AvgIpc) is 2.27. The Morgan fingerprint density at radius 3 is 2.93 bits per heavy atom. The maximum atomic E-state index is 9.16. The fraction of sp³-hybridized carbons (Fsp3) is 0.909. The van der Waals surface area contributed by atoms with Crippen molar-refractivity contribution in [2.24, 2.45) is 5.41 Å². The van der Waals surface area contributed by atoms with Gasteiger partial charge in [0.25, 0.3) is 0 Å². The van der Waals surface area contributed by atoms with Crippen molar-refractivity contribution in [1.82, 2.24) is 4.90 Å². The van der Waals surface area contributed by atoms with Gasteiger partial charge in [0.05, 0.1) is 37.3 Å². The summed E-state index contributed by atoms with van der Waals surface area (Å²) < 4.78 is 5.29. The number of nitriles is 1. The summed E-state index contributed by atoms with van der Waals surface area (Å²) >= 11 is 0. The zero-order chi connectivity index (χ0) is 11.3. The lowest BCUT2D eigenvalue weighted by molar-refractivity contribution is -0.0299. The Morgan fingerprint density at radius 1 is 1.60 bits per heavy atom. The van der Waals surface area contributed by atoms with E-state index in [0.717, 1.165) is 26.1 Å². The summed E-state index contributed by atoms with van der Waals surface area (Å²) in [5.74, 6) is 0. The molecule has 4 heteroatoms. The topological polar surface area (TPSA) is 56.5 Å². The van der Waals surface area contributed by atoms with E-state index in [-0.39, 0.29) is 18.1 Å². The Bertz CT molecular complexity index is 235. The standard InChI is InChI=1S/C11H20N2O2/c1-11(2,9-12)3-4-13-5-6-15-8-10(13)7-14/h10,14H,3-8H2,1-2H3. The molecule has 15 heavy (non-hydrogen) atoms. The van der Waals surface area contributed by atoms with E-state index in [1.54, 1.807) is 0 Å². The van der Waals surface area contributed by atoms with Crippen molar-refractivity contribution in [3.05, 3.63) is 0 Å². The Hall–Kier alpha value is -0.630. The molecule has 0 aliphatic carbocycles. The van der Waals surface area contributed by atoms with Crippen LogP contribution in [0.25, 0.3) is 0 Å². The molecule has 1 heterocycles. The molecule has 0 bridgehead atoms. The number of rotatable bonds is 4. The third kappa shape index (κ3) is 3.78. The summed E-state index contributed by atoms with van der Waals surface area (Å²) in [6.07, 6.45) is 0.833. The molecule has 0 spiro atoms. The number of ether oxygens (including phenoxy) is 1. The van der Waals surface area contributed by atoms with E-state index < -0.39 is 0 Å². The van der Waals surface area contributed by atoms with Crippen LogP contribution in [0.2, 0.25) is 0 Å². The van der Waals surface area contributed by atoms with E-state index >= 15 is 0 Å². The number of aliphatic hydroxyl groups is 1. The van der Waals surface area contributed by atoms with Gasteiger partial charge >= 0.3 is 0 Å². The van der Waals surface area contributed by atoms with Gasteiger partial charge in [-0.1, -0.05) is 0 Å². The van der Waals surface area contributed by atoms with Gasteiger partial charge in [-0.15, -0.1) is 0 Å². The highest BCUT2D eigenvalue weighted by molar-refractivity contribution is 4.92. The van der Waals surface area contributed by atoms with Crippen LogP contribution >= 0.6 is 0 Å². The highest BCUT2D eigenvalue weighted by Crippen LogP contribution is 2.20. The lowest BCUT2D eigenvalue weighted by Gasteiger charge is -2.35. The van der Waals surface area contributed by atoms with E-state index in [9.17, 15) is 0 Å². The van der Waals surface area contributed by atoms with Gasteiger partial charge in [-0.25, -0.2) is 0 Å². The fourth-order valence-corrected chi connectivity index (χ4v) is 1.63. The molecule has 86 valence electrons. The minimum atomic E-state index is -0.279. The van der Waals surface area contributed by atoms with E-state index in [0.29, 0.717) is 6.61 Å². The molecule has 0 radical (unpaired) electrons. The number of hydrogen-bond acceptors (Lipinski definition) is 4. The molecular formula is C11H20N2O2. The second-order valence-electron chi connectivity index (χ2n) is 4.69. The maximum Gasteiger partial charge on any atom is 0.0684 e. The third-order valence-electron chi connectivity index (χ3n) is 2.89. The number of morpholine rings is 1. The van der Waals surface area contributed by atoms with E-state index in [2.05, 4.69) is 11.0 Å². The molecule has 0 aromatic heterocycles. The molecule has 1 rings (SSSR count).